The molecule has 4 heterocycles. The minimum absolute atomic E-state index is 0.150. The lowest BCUT2D eigenvalue weighted by Crippen LogP contribution is -2.51. The predicted octanol–water partition coefficient (Wildman–Crippen LogP) is 2.58. The van der Waals surface area contributed by atoms with Gasteiger partial charge >= 0.3 is 0 Å². The third-order valence-electron chi connectivity index (χ3n) is 7.10. The number of aryl methyl sites for hydroxylation is 1. The van der Waals surface area contributed by atoms with Crippen LogP contribution in [0.25, 0.3) is 10.2 Å². The first-order valence-corrected chi connectivity index (χ1v) is 12.5. The molecule has 0 spiro atoms. The number of piperazine rings is 1. The normalized spacial score (nSPS) is 18.9. The van der Waals surface area contributed by atoms with Gasteiger partial charge in [0.15, 0.2) is 10.6 Å². The van der Waals surface area contributed by atoms with E-state index in [2.05, 4.69) is 31.1 Å². The Hall–Kier alpha value is -3.01. The van der Waals surface area contributed by atoms with Crippen LogP contribution in [0.2, 0.25) is 0 Å². The van der Waals surface area contributed by atoms with Gasteiger partial charge in [0.1, 0.15) is 6.54 Å². The SMILES string of the molecule is CC(C)(C)C1CCc2c(sc3nnn(CC(=O)N4CCN(C(=O)c5ccco5)CC4)c(=O)c23)C1. The fraction of sp³-hybridized carbons (Fsp3) is 0.542. The van der Waals surface area contributed by atoms with Crippen molar-refractivity contribution in [2.75, 3.05) is 26.2 Å². The van der Waals surface area contributed by atoms with Gasteiger partial charge in [0.25, 0.3) is 11.5 Å². The van der Waals surface area contributed by atoms with Crippen molar-refractivity contribution in [3.63, 3.8) is 0 Å². The number of hydrogen-bond donors (Lipinski definition) is 0. The number of rotatable bonds is 3. The maximum Gasteiger partial charge on any atom is 0.289 e. The molecule has 0 N–H and O–H groups in total. The van der Waals surface area contributed by atoms with E-state index < -0.39 is 0 Å². The van der Waals surface area contributed by atoms with Crippen molar-refractivity contribution < 1.29 is 14.0 Å². The highest BCUT2D eigenvalue weighted by atomic mass is 32.1. The third-order valence-corrected chi connectivity index (χ3v) is 8.24. The zero-order valence-electron chi connectivity index (χ0n) is 19.7. The van der Waals surface area contributed by atoms with E-state index in [1.807, 2.05) is 0 Å². The van der Waals surface area contributed by atoms with E-state index in [0.29, 0.717) is 48.1 Å². The Morgan fingerprint density at radius 3 is 2.59 bits per heavy atom. The van der Waals surface area contributed by atoms with Crippen LogP contribution in [0.3, 0.4) is 0 Å². The first-order chi connectivity index (χ1) is 16.2. The summed E-state index contributed by atoms with van der Waals surface area (Å²) in [5, 5.41) is 8.99. The van der Waals surface area contributed by atoms with Crippen LogP contribution in [-0.4, -0.2) is 62.8 Å². The Morgan fingerprint density at radius 1 is 1.18 bits per heavy atom. The quantitative estimate of drug-likeness (QED) is 0.568. The van der Waals surface area contributed by atoms with Crippen LogP contribution < -0.4 is 5.56 Å². The van der Waals surface area contributed by atoms with Crippen molar-refractivity contribution in [2.45, 2.75) is 46.6 Å². The number of thiophene rings is 1. The summed E-state index contributed by atoms with van der Waals surface area (Å²) in [6.07, 6.45) is 4.33. The van der Waals surface area contributed by atoms with Crippen LogP contribution in [0.5, 0.6) is 0 Å². The second-order valence-corrected chi connectivity index (χ2v) is 11.3. The van der Waals surface area contributed by atoms with E-state index in [9.17, 15) is 14.4 Å². The van der Waals surface area contributed by atoms with Gasteiger partial charge in [0.05, 0.1) is 11.6 Å². The summed E-state index contributed by atoms with van der Waals surface area (Å²) in [4.78, 5) is 43.8. The minimum atomic E-state index is -0.239. The summed E-state index contributed by atoms with van der Waals surface area (Å²) in [5.41, 5.74) is 1.07. The molecule has 3 aromatic rings. The fourth-order valence-electron chi connectivity index (χ4n) is 4.91. The number of hydrogen-bond acceptors (Lipinski definition) is 7. The van der Waals surface area contributed by atoms with Crippen molar-refractivity contribution >= 4 is 33.4 Å². The molecule has 1 aliphatic carbocycles. The number of furan rings is 1. The van der Waals surface area contributed by atoms with Crippen LogP contribution in [0.1, 0.15) is 48.2 Å². The molecule has 180 valence electrons. The van der Waals surface area contributed by atoms with Gasteiger partial charge in [-0.2, -0.15) is 0 Å². The zero-order valence-corrected chi connectivity index (χ0v) is 20.6. The molecule has 34 heavy (non-hydrogen) atoms. The molecule has 2 aliphatic rings. The molecule has 0 bridgehead atoms. The van der Waals surface area contributed by atoms with Crippen molar-refractivity contribution in [1.29, 1.82) is 0 Å². The van der Waals surface area contributed by atoms with E-state index >= 15 is 0 Å². The highest BCUT2D eigenvalue weighted by Gasteiger charge is 2.32. The molecule has 10 heteroatoms. The maximum atomic E-state index is 13.3. The van der Waals surface area contributed by atoms with E-state index in [1.54, 1.807) is 33.3 Å². The van der Waals surface area contributed by atoms with Gasteiger partial charge in [-0.25, -0.2) is 4.68 Å². The van der Waals surface area contributed by atoms with E-state index in [4.69, 9.17) is 4.42 Å². The molecule has 0 radical (unpaired) electrons. The average Bonchev–Trinajstić information content (AvgIpc) is 3.47. The fourth-order valence-corrected chi connectivity index (χ4v) is 6.15. The molecule has 0 saturated carbocycles. The second kappa shape index (κ2) is 8.65. The van der Waals surface area contributed by atoms with Crippen LogP contribution >= 0.6 is 11.3 Å². The third kappa shape index (κ3) is 4.15. The summed E-state index contributed by atoms with van der Waals surface area (Å²) in [6, 6.07) is 3.31. The molecule has 1 saturated heterocycles. The molecular weight excluding hydrogens is 454 g/mol. The Morgan fingerprint density at radius 2 is 1.91 bits per heavy atom. The van der Waals surface area contributed by atoms with Crippen LogP contribution in [0, 0.1) is 11.3 Å². The van der Waals surface area contributed by atoms with Gasteiger partial charge in [-0.15, -0.1) is 16.4 Å². The van der Waals surface area contributed by atoms with E-state index in [0.717, 1.165) is 24.8 Å². The molecule has 1 unspecified atom stereocenters. The molecule has 1 aliphatic heterocycles. The van der Waals surface area contributed by atoms with Crippen molar-refractivity contribution in [3.05, 3.63) is 45.0 Å². The van der Waals surface area contributed by atoms with Gasteiger partial charge in [-0.1, -0.05) is 26.0 Å². The highest BCUT2D eigenvalue weighted by Crippen LogP contribution is 2.41. The Kier molecular flexibility index (Phi) is 5.79. The summed E-state index contributed by atoms with van der Waals surface area (Å²) in [5.74, 6) is 0.490. The number of carbonyl (C=O) groups excluding carboxylic acids is 2. The summed E-state index contributed by atoms with van der Waals surface area (Å²) >= 11 is 1.56. The summed E-state index contributed by atoms with van der Waals surface area (Å²) < 4.78 is 6.37. The van der Waals surface area contributed by atoms with Crippen molar-refractivity contribution in [2.24, 2.45) is 11.3 Å². The lowest BCUT2D eigenvalue weighted by atomic mass is 9.72. The largest absolute Gasteiger partial charge is 0.459 e. The van der Waals surface area contributed by atoms with Crippen LogP contribution in [-0.2, 0) is 24.2 Å². The number of aromatic nitrogens is 3. The maximum absolute atomic E-state index is 13.3. The van der Waals surface area contributed by atoms with Crippen molar-refractivity contribution in [3.8, 4) is 0 Å². The number of nitrogens with zero attached hydrogens (tertiary/aromatic N) is 5. The van der Waals surface area contributed by atoms with Crippen molar-refractivity contribution in [1.82, 2.24) is 24.8 Å². The summed E-state index contributed by atoms with van der Waals surface area (Å²) in [6.45, 7) is 8.28. The topological polar surface area (TPSA) is 102 Å². The smallest absolute Gasteiger partial charge is 0.289 e. The molecule has 1 atom stereocenters. The molecule has 1 fully saturated rings. The highest BCUT2D eigenvalue weighted by molar-refractivity contribution is 7.18. The lowest BCUT2D eigenvalue weighted by molar-refractivity contribution is -0.133. The van der Waals surface area contributed by atoms with E-state index in [1.165, 1.54) is 15.8 Å². The predicted molar refractivity (Wildman–Crippen MR) is 128 cm³/mol. The van der Waals surface area contributed by atoms with Crippen LogP contribution in [0.4, 0.5) is 0 Å². The molecule has 0 aromatic carbocycles. The monoisotopic (exact) mass is 483 g/mol. The molecule has 5 rings (SSSR count). The standard InChI is InChI=1S/C24H29N5O4S/c1-24(2,3)15-6-7-16-18(13-15)34-21-20(16)23(32)29(26-25-21)14-19(30)27-8-10-28(11-9-27)22(31)17-5-4-12-33-17/h4-5,12,15H,6-11,13-14H2,1-3H3. The van der Waals surface area contributed by atoms with Gasteiger partial charge in [-0.05, 0) is 48.3 Å². The Labute approximate surface area is 201 Å². The van der Waals surface area contributed by atoms with Gasteiger partial charge in [0, 0.05) is 31.1 Å². The van der Waals surface area contributed by atoms with E-state index in [-0.39, 0.29) is 29.3 Å². The average molecular weight is 484 g/mol. The zero-order chi connectivity index (χ0) is 24.0. The molecule has 3 aromatic heterocycles. The molecule has 2 amide bonds. The lowest BCUT2D eigenvalue weighted by Gasteiger charge is -2.34. The number of carbonyl (C=O) groups is 2. The number of fused-ring (bicyclic) bond motifs is 3. The minimum Gasteiger partial charge on any atom is -0.459 e. The first-order valence-electron chi connectivity index (χ1n) is 11.7. The number of amides is 2. The first kappa shape index (κ1) is 22.8. The molecule has 9 nitrogen and oxygen atoms in total. The molecular formula is C24H29N5O4S. The van der Waals surface area contributed by atoms with Crippen LogP contribution in [0.15, 0.2) is 27.6 Å². The van der Waals surface area contributed by atoms with Gasteiger partial charge in [0.2, 0.25) is 5.91 Å². The Balaban J connectivity index is 1.28. The van der Waals surface area contributed by atoms with Gasteiger partial charge < -0.3 is 14.2 Å². The Bertz CT molecular complexity index is 1280. The second-order valence-electron chi connectivity index (χ2n) is 10.2. The van der Waals surface area contributed by atoms with Gasteiger partial charge in [-0.3, -0.25) is 14.4 Å². The summed E-state index contributed by atoms with van der Waals surface area (Å²) in [7, 11) is 0.